The number of rotatable bonds is 6. The number of carboxylic acid groups (broad SMARTS) is 1. The number of hydrogen-bond donors (Lipinski definition) is 0. The standard InChI is InChI=1S/C18H12Cl2F5N5O3/c1-29(2)7-27-14-12(16(15(31)32)6-17(16,21)22)11(5-26)28-30(14)13-9(19)3-8(4-10(13)20)33-18(23,24)25/h3-4,7H,6H2,1-2H3,(H,31,32)/p-1. The monoisotopic (exact) mass is 510 g/mol. The quantitative estimate of drug-likeness (QED) is 0.335. The van der Waals surface area contributed by atoms with Crippen LogP contribution >= 0.6 is 23.2 Å². The van der Waals surface area contributed by atoms with Gasteiger partial charge >= 0.3 is 6.36 Å². The molecule has 1 saturated carbocycles. The Morgan fingerprint density at radius 3 is 2.30 bits per heavy atom. The Hall–Kier alpha value is -3.11. The molecule has 1 fully saturated rings. The number of carbonyl (C=O) groups is 1. The Balaban J connectivity index is 2.32. The summed E-state index contributed by atoms with van der Waals surface area (Å²) in [4.78, 5) is 17.1. The van der Waals surface area contributed by atoms with Crippen LogP contribution in [0.3, 0.4) is 0 Å². The lowest BCUT2D eigenvalue weighted by molar-refractivity contribution is -0.311. The van der Waals surface area contributed by atoms with Crippen LogP contribution < -0.4 is 9.84 Å². The van der Waals surface area contributed by atoms with Crippen molar-refractivity contribution in [3.63, 3.8) is 0 Å². The summed E-state index contributed by atoms with van der Waals surface area (Å²) in [6.07, 6.45) is -5.13. The largest absolute Gasteiger partial charge is 0.573 e. The summed E-state index contributed by atoms with van der Waals surface area (Å²) in [5.41, 5.74) is -4.71. The molecule has 1 aliphatic rings. The normalized spacial score (nSPS) is 19.4. The first-order valence-corrected chi connectivity index (χ1v) is 9.49. The third-order valence-corrected chi connectivity index (χ3v) is 5.15. The number of nitrogens with zero attached hydrogens (tertiary/aromatic N) is 5. The molecule has 0 N–H and O–H groups in total. The molecule has 2 aromatic rings. The van der Waals surface area contributed by atoms with E-state index in [-0.39, 0.29) is 5.69 Å². The van der Waals surface area contributed by atoms with Crippen molar-refractivity contribution in [3.8, 4) is 17.5 Å². The number of carboxylic acids is 1. The van der Waals surface area contributed by atoms with E-state index < -0.39 is 63.0 Å². The molecule has 0 spiro atoms. The van der Waals surface area contributed by atoms with Crippen molar-refractivity contribution in [2.45, 2.75) is 24.1 Å². The second-order valence-electron chi connectivity index (χ2n) is 7.14. The lowest BCUT2D eigenvalue weighted by Gasteiger charge is -2.18. The zero-order chi connectivity index (χ0) is 24.9. The molecule has 0 bridgehead atoms. The Morgan fingerprint density at radius 1 is 1.36 bits per heavy atom. The number of nitriles is 1. The third-order valence-electron chi connectivity index (χ3n) is 4.58. The Labute approximate surface area is 192 Å². The van der Waals surface area contributed by atoms with E-state index in [1.807, 2.05) is 0 Å². The van der Waals surface area contributed by atoms with Gasteiger partial charge in [0, 0.05) is 32.6 Å². The molecular weight excluding hydrogens is 500 g/mol. The van der Waals surface area contributed by atoms with E-state index in [9.17, 15) is 37.1 Å². The maximum atomic E-state index is 14.3. The number of aliphatic carboxylic acids is 1. The van der Waals surface area contributed by atoms with Crippen LogP contribution in [0.15, 0.2) is 17.1 Å². The molecule has 0 amide bonds. The lowest BCUT2D eigenvalue weighted by atomic mass is 9.95. The number of carbonyl (C=O) groups excluding carboxylic acids is 1. The van der Waals surface area contributed by atoms with Gasteiger partial charge in [-0.05, 0) is 0 Å². The van der Waals surface area contributed by atoms with Crippen LogP contribution in [0.5, 0.6) is 5.75 Å². The second kappa shape index (κ2) is 8.03. The number of ether oxygens (including phenoxy) is 1. The maximum Gasteiger partial charge on any atom is 0.573 e. The Bertz CT molecular complexity index is 1180. The lowest BCUT2D eigenvalue weighted by Crippen LogP contribution is -2.40. The van der Waals surface area contributed by atoms with Gasteiger partial charge in [-0.25, -0.2) is 18.5 Å². The molecule has 1 aromatic carbocycles. The summed E-state index contributed by atoms with van der Waals surface area (Å²) in [5, 5.41) is 24.1. The number of aromatic nitrogens is 2. The van der Waals surface area contributed by atoms with Gasteiger partial charge in [0.15, 0.2) is 11.5 Å². The maximum absolute atomic E-state index is 14.3. The third kappa shape index (κ3) is 4.28. The van der Waals surface area contributed by atoms with Crippen LogP contribution in [-0.4, -0.2) is 53.4 Å². The molecule has 1 atom stereocenters. The van der Waals surface area contributed by atoms with Crippen molar-refractivity contribution >= 4 is 41.3 Å². The van der Waals surface area contributed by atoms with Gasteiger partial charge in [0.05, 0.1) is 27.9 Å². The first kappa shape index (κ1) is 24.5. The van der Waals surface area contributed by atoms with Crippen molar-refractivity contribution in [2.24, 2.45) is 4.99 Å². The fourth-order valence-corrected chi connectivity index (χ4v) is 3.77. The average molecular weight is 511 g/mol. The van der Waals surface area contributed by atoms with Crippen LogP contribution in [0.25, 0.3) is 5.69 Å². The van der Waals surface area contributed by atoms with E-state index in [1.165, 1.54) is 25.1 Å². The SMILES string of the molecule is CN(C)C=Nc1c(C2(C(=O)[O-])CC2(F)F)c(C#N)nn1-c1c(Cl)cc(OC(F)(F)F)cc1Cl. The van der Waals surface area contributed by atoms with Crippen molar-refractivity contribution in [3.05, 3.63) is 33.4 Å². The van der Waals surface area contributed by atoms with Gasteiger partial charge < -0.3 is 19.5 Å². The highest BCUT2D eigenvalue weighted by atomic mass is 35.5. The van der Waals surface area contributed by atoms with Crippen LogP contribution in [0.4, 0.5) is 27.8 Å². The number of halogens is 7. The molecule has 0 radical (unpaired) electrons. The summed E-state index contributed by atoms with van der Waals surface area (Å²) in [7, 11) is 3.02. The average Bonchev–Trinajstić information content (AvgIpc) is 3.06. The number of hydrogen-bond acceptors (Lipinski definition) is 6. The summed E-state index contributed by atoms with van der Waals surface area (Å²) < 4.78 is 70.6. The number of benzene rings is 1. The molecule has 0 saturated heterocycles. The van der Waals surface area contributed by atoms with Gasteiger partial charge in [0.2, 0.25) is 0 Å². The van der Waals surface area contributed by atoms with E-state index in [4.69, 9.17) is 23.2 Å². The fourth-order valence-electron chi connectivity index (χ4n) is 3.15. The molecule has 1 aromatic heterocycles. The number of aliphatic imine (C=N–C) groups is 1. The highest BCUT2D eigenvalue weighted by molar-refractivity contribution is 6.38. The molecule has 8 nitrogen and oxygen atoms in total. The molecule has 1 unspecified atom stereocenters. The minimum atomic E-state index is -5.05. The first-order valence-electron chi connectivity index (χ1n) is 8.73. The minimum Gasteiger partial charge on any atom is -0.549 e. The predicted octanol–water partition coefficient (Wildman–Crippen LogP) is 3.20. The van der Waals surface area contributed by atoms with Crippen LogP contribution in [-0.2, 0) is 10.2 Å². The van der Waals surface area contributed by atoms with E-state index in [0.29, 0.717) is 4.68 Å². The van der Waals surface area contributed by atoms with Gasteiger partial charge in [-0.3, -0.25) is 0 Å². The van der Waals surface area contributed by atoms with E-state index in [0.717, 1.165) is 18.5 Å². The number of alkyl halides is 5. The summed E-state index contributed by atoms with van der Waals surface area (Å²) in [6.45, 7) is 0. The highest BCUT2D eigenvalue weighted by Crippen LogP contribution is 2.64. The molecule has 1 heterocycles. The van der Waals surface area contributed by atoms with E-state index >= 15 is 0 Å². The molecule has 176 valence electrons. The minimum absolute atomic E-state index is 0.348. The summed E-state index contributed by atoms with van der Waals surface area (Å²) in [6, 6.07) is 2.98. The zero-order valence-corrected chi connectivity index (χ0v) is 18.1. The van der Waals surface area contributed by atoms with E-state index in [1.54, 1.807) is 0 Å². The highest BCUT2D eigenvalue weighted by Gasteiger charge is 2.75. The zero-order valence-electron chi connectivity index (χ0n) is 16.5. The Kier molecular flexibility index (Phi) is 5.97. The van der Waals surface area contributed by atoms with Gasteiger partial charge in [0.25, 0.3) is 5.92 Å². The van der Waals surface area contributed by atoms with Crippen molar-refractivity contribution in [1.82, 2.24) is 14.7 Å². The van der Waals surface area contributed by atoms with Crippen molar-refractivity contribution in [1.29, 1.82) is 5.26 Å². The molecule has 15 heteroatoms. The van der Waals surface area contributed by atoms with Crippen molar-refractivity contribution in [2.75, 3.05) is 14.1 Å². The van der Waals surface area contributed by atoms with Gasteiger partial charge in [-0.1, -0.05) is 23.2 Å². The fraction of sp³-hybridized carbons (Fsp3) is 0.333. The second-order valence-corrected chi connectivity index (χ2v) is 7.95. The van der Waals surface area contributed by atoms with Crippen molar-refractivity contribution < 1.29 is 36.6 Å². The molecule has 0 aliphatic heterocycles. The Morgan fingerprint density at radius 2 is 1.91 bits per heavy atom. The van der Waals surface area contributed by atoms with Gasteiger partial charge in [0.1, 0.15) is 22.9 Å². The van der Waals surface area contributed by atoms with Crippen LogP contribution in [0.1, 0.15) is 17.7 Å². The summed E-state index contributed by atoms with van der Waals surface area (Å²) in [5.74, 6) is -7.26. The van der Waals surface area contributed by atoms with Crippen LogP contribution in [0.2, 0.25) is 10.0 Å². The molecule has 33 heavy (non-hydrogen) atoms. The van der Waals surface area contributed by atoms with Gasteiger partial charge in [-0.15, -0.1) is 13.2 Å². The van der Waals surface area contributed by atoms with Crippen LogP contribution in [0, 0.1) is 11.3 Å². The molecule has 1 aliphatic carbocycles. The predicted molar refractivity (Wildman–Crippen MR) is 103 cm³/mol. The smallest absolute Gasteiger partial charge is 0.549 e. The molecular formula is C18H11Cl2F5N5O3-. The topological polar surface area (TPSA) is 107 Å². The molecule has 3 rings (SSSR count). The summed E-state index contributed by atoms with van der Waals surface area (Å²) >= 11 is 12.1. The first-order chi connectivity index (χ1) is 15.1. The van der Waals surface area contributed by atoms with Gasteiger partial charge in [-0.2, -0.15) is 10.4 Å². The van der Waals surface area contributed by atoms with E-state index in [2.05, 4.69) is 14.8 Å².